The third-order valence-electron chi connectivity index (χ3n) is 6.01. The molecule has 3 unspecified atom stereocenters. The van der Waals surface area contributed by atoms with Crippen molar-refractivity contribution in [2.75, 3.05) is 26.2 Å². The second-order valence-corrected chi connectivity index (χ2v) is 8.05. The van der Waals surface area contributed by atoms with E-state index in [4.69, 9.17) is 0 Å². The maximum Gasteiger partial charge on any atom is 0.0133 e. The van der Waals surface area contributed by atoms with Crippen LogP contribution >= 0.6 is 0 Å². The number of rotatable bonds is 10. The van der Waals surface area contributed by atoms with Crippen molar-refractivity contribution < 1.29 is 0 Å². The van der Waals surface area contributed by atoms with Gasteiger partial charge in [0.25, 0.3) is 0 Å². The summed E-state index contributed by atoms with van der Waals surface area (Å²) in [6, 6.07) is 11.6. The molecule has 1 aliphatic rings. The molecule has 1 aliphatic heterocycles. The number of unbranched alkanes of at least 4 members (excludes halogenated alkanes) is 1. The highest BCUT2D eigenvalue weighted by Gasteiger charge is 2.23. The smallest absolute Gasteiger partial charge is 0.0133 e. The highest BCUT2D eigenvalue weighted by molar-refractivity contribution is 5.16. The molecule has 1 heterocycles. The minimum atomic E-state index is 0.611. The average Bonchev–Trinajstić information content (AvgIpc) is 2.87. The fourth-order valence-corrected chi connectivity index (χ4v) is 4.27. The first-order chi connectivity index (χ1) is 12.2. The van der Waals surface area contributed by atoms with E-state index < -0.39 is 0 Å². The lowest BCUT2D eigenvalue weighted by Crippen LogP contribution is -2.38. The first kappa shape index (κ1) is 20.5. The molecular weight excluding hydrogens is 304 g/mol. The molecule has 3 atom stereocenters. The Kier molecular flexibility index (Phi) is 9.57. The zero-order valence-electron chi connectivity index (χ0n) is 16.8. The van der Waals surface area contributed by atoms with E-state index in [9.17, 15) is 0 Å². The molecule has 1 aromatic carbocycles. The monoisotopic (exact) mass is 344 g/mol. The van der Waals surface area contributed by atoms with Gasteiger partial charge in [0.15, 0.2) is 0 Å². The van der Waals surface area contributed by atoms with Gasteiger partial charge in [-0.1, -0.05) is 57.5 Å². The molecule has 142 valence electrons. The molecule has 1 N–H and O–H groups in total. The lowest BCUT2D eigenvalue weighted by atomic mass is 9.84. The number of hydrogen-bond acceptors (Lipinski definition) is 2. The van der Waals surface area contributed by atoms with Crippen LogP contribution in [-0.2, 0) is 6.42 Å². The maximum atomic E-state index is 3.88. The molecule has 0 aliphatic carbocycles. The fourth-order valence-electron chi connectivity index (χ4n) is 4.27. The van der Waals surface area contributed by atoms with Crippen LogP contribution in [0.25, 0.3) is 0 Å². The van der Waals surface area contributed by atoms with Gasteiger partial charge in [-0.2, -0.15) is 0 Å². The van der Waals surface area contributed by atoms with Gasteiger partial charge in [-0.3, -0.25) is 0 Å². The summed E-state index contributed by atoms with van der Waals surface area (Å²) in [4.78, 5) is 2.63. The highest BCUT2D eigenvalue weighted by Crippen LogP contribution is 2.27. The molecular formula is C23H40N2. The van der Waals surface area contributed by atoms with Crippen molar-refractivity contribution in [2.24, 2.45) is 11.8 Å². The Hall–Kier alpha value is -0.860. The Morgan fingerprint density at radius 3 is 2.64 bits per heavy atom. The minimum Gasteiger partial charge on any atom is -0.313 e. The van der Waals surface area contributed by atoms with E-state index in [0.717, 1.165) is 18.4 Å². The third kappa shape index (κ3) is 7.50. The van der Waals surface area contributed by atoms with Gasteiger partial charge in [0.2, 0.25) is 0 Å². The zero-order chi connectivity index (χ0) is 17.9. The highest BCUT2D eigenvalue weighted by atomic mass is 15.1. The molecule has 0 bridgehead atoms. The quantitative estimate of drug-likeness (QED) is 0.592. The van der Waals surface area contributed by atoms with E-state index >= 15 is 0 Å². The van der Waals surface area contributed by atoms with Gasteiger partial charge >= 0.3 is 0 Å². The summed E-state index contributed by atoms with van der Waals surface area (Å²) >= 11 is 0. The van der Waals surface area contributed by atoms with E-state index in [1.165, 1.54) is 70.1 Å². The van der Waals surface area contributed by atoms with Gasteiger partial charge < -0.3 is 10.2 Å². The second kappa shape index (κ2) is 11.7. The third-order valence-corrected chi connectivity index (χ3v) is 6.01. The first-order valence-corrected chi connectivity index (χ1v) is 10.7. The number of nitrogens with zero attached hydrogens (tertiary/aromatic N) is 1. The number of benzene rings is 1. The molecule has 0 spiro atoms. The Bertz CT molecular complexity index is 445. The Morgan fingerprint density at radius 1 is 1.12 bits per heavy atom. The molecule has 0 radical (unpaired) electrons. The predicted octanol–water partition coefficient (Wildman–Crippen LogP) is 5.14. The summed E-state index contributed by atoms with van der Waals surface area (Å²) in [5, 5.41) is 3.88. The second-order valence-electron chi connectivity index (χ2n) is 8.05. The van der Waals surface area contributed by atoms with Crippen molar-refractivity contribution >= 4 is 0 Å². The van der Waals surface area contributed by atoms with Gasteiger partial charge in [0.1, 0.15) is 0 Å². The van der Waals surface area contributed by atoms with Crippen LogP contribution in [0.5, 0.6) is 0 Å². The molecule has 1 aromatic rings. The van der Waals surface area contributed by atoms with Gasteiger partial charge in [0.05, 0.1) is 0 Å². The van der Waals surface area contributed by atoms with Crippen LogP contribution < -0.4 is 5.32 Å². The fraction of sp³-hybridized carbons (Fsp3) is 0.739. The molecule has 25 heavy (non-hydrogen) atoms. The number of likely N-dealkylation sites (tertiary alicyclic amines) is 1. The predicted molar refractivity (Wildman–Crippen MR) is 110 cm³/mol. The van der Waals surface area contributed by atoms with Crippen molar-refractivity contribution in [2.45, 2.75) is 71.8 Å². The van der Waals surface area contributed by atoms with Crippen LogP contribution in [0, 0.1) is 11.8 Å². The van der Waals surface area contributed by atoms with Gasteiger partial charge in [-0.25, -0.2) is 0 Å². The summed E-state index contributed by atoms with van der Waals surface area (Å²) in [5.41, 5.74) is 1.47. The van der Waals surface area contributed by atoms with E-state index in [1.807, 2.05) is 0 Å². The molecule has 0 saturated carbocycles. The largest absolute Gasteiger partial charge is 0.313 e. The molecule has 2 nitrogen and oxygen atoms in total. The maximum absolute atomic E-state index is 3.88. The van der Waals surface area contributed by atoms with Crippen molar-refractivity contribution in [3.63, 3.8) is 0 Å². The van der Waals surface area contributed by atoms with Gasteiger partial charge in [-0.15, -0.1) is 0 Å². The van der Waals surface area contributed by atoms with E-state index in [-0.39, 0.29) is 0 Å². The van der Waals surface area contributed by atoms with Crippen LogP contribution in [0.15, 0.2) is 30.3 Å². The summed E-state index contributed by atoms with van der Waals surface area (Å²) in [6.07, 6.45) is 9.31. The van der Waals surface area contributed by atoms with Crippen molar-refractivity contribution in [3.05, 3.63) is 35.9 Å². The Labute approximate surface area is 156 Å². The normalized spacial score (nSPS) is 21.6. The van der Waals surface area contributed by atoms with Crippen LogP contribution in [0.4, 0.5) is 0 Å². The van der Waals surface area contributed by atoms with Crippen LogP contribution in [-0.4, -0.2) is 37.1 Å². The summed E-state index contributed by atoms with van der Waals surface area (Å²) in [5.74, 6) is 1.66. The van der Waals surface area contributed by atoms with Crippen LogP contribution in [0.2, 0.25) is 0 Å². The van der Waals surface area contributed by atoms with Crippen LogP contribution in [0.3, 0.4) is 0 Å². The molecule has 1 saturated heterocycles. The molecule has 0 amide bonds. The Balaban J connectivity index is 1.90. The van der Waals surface area contributed by atoms with Crippen molar-refractivity contribution in [1.29, 1.82) is 0 Å². The van der Waals surface area contributed by atoms with Crippen molar-refractivity contribution in [3.8, 4) is 0 Å². The molecule has 2 heteroatoms. The SMILES string of the molecule is CCCCNC(Cc1ccccc1)C(C)CC1CCCN(CC)CC1. The van der Waals surface area contributed by atoms with E-state index in [2.05, 4.69) is 61.3 Å². The van der Waals surface area contributed by atoms with Gasteiger partial charge in [-0.05, 0) is 82.1 Å². The summed E-state index contributed by atoms with van der Waals surface area (Å²) in [7, 11) is 0. The molecule has 1 fully saturated rings. The topological polar surface area (TPSA) is 15.3 Å². The Morgan fingerprint density at radius 2 is 1.92 bits per heavy atom. The lowest BCUT2D eigenvalue weighted by molar-refractivity contribution is 0.270. The lowest BCUT2D eigenvalue weighted by Gasteiger charge is -2.29. The number of hydrogen-bond donors (Lipinski definition) is 1. The van der Waals surface area contributed by atoms with Gasteiger partial charge in [0, 0.05) is 6.04 Å². The van der Waals surface area contributed by atoms with E-state index in [0.29, 0.717) is 6.04 Å². The first-order valence-electron chi connectivity index (χ1n) is 10.7. The molecule has 2 rings (SSSR count). The standard InChI is InChI=1S/C23H40N2/c1-4-6-15-24-23(19-21-11-8-7-9-12-21)20(3)18-22-13-10-16-25(5-2)17-14-22/h7-9,11-12,20,22-24H,4-6,10,13-19H2,1-3H3. The summed E-state index contributed by atoms with van der Waals surface area (Å²) < 4.78 is 0. The zero-order valence-corrected chi connectivity index (χ0v) is 16.8. The average molecular weight is 345 g/mol. The summed E-state index contributed by atoms with van der Waals surface area (Å²) in [6.45, 7) is 12.1. The van der Waals surface area contributed by atoms with E-state index in [1.54, 1.807) is 0 Å². The number of nitrogens with one attached hydrogen (secondary N) is 1. The molecule has 0 aromatic heterocycles. The van der Waals surface area contributed by atoms with Crippen molar-refractivity contribution in [1.82, 2.24) is 10.2 Å². The van der Waals surface area contributed by atoms with Crippen LogP contribution in [0.1, 0.15) is 64.9 Å². The minimum absolute atomic E-state index is 0.611.